The van der Waals surface area contributed by atoms with Gasteiger partial charge in [0, 0.05) is 17.1 Å². The normalized spacial score (nSPS) is 11.0. The molecule has 4 nitrogen and oxygen atoms in total. The fourth-order valence-corrected chi connectivity index (χ4v) is 1.71. The predicted molar refractivity (Wildman–Crippen MR) is 72.7 cm³/mol. The van der Waals surface area contributed by atoms with Crippen molar-refractivity contribution in [2.45, 2.75) is 26.4 Å². The van der Waals surface area contributed by atoms with Gasteiger partial charge in [-0.15, -0.1) is 0 Å². The molecule has 6 heteroatoms. The first kappa shape index (κ1) is 14.0. The summed E-state index contributed by atoms with van der Waals surface area (Å²) in [6.45, 7) is 4.65. The molecule has 19 heavy (non-hydrogen) atoms. The maximum atomic E-state index is 13.6. The minimum Gasteiger partial charge on any atom is -0.417 e. The van der Waals surface area contributed by atoms with Crippen molar-refractivity contribution in [3.05, 3.63) is 40.4 Å². The van der Waals surface area contributed by atoms with Gasteiger partial charge in [-0.1, -0.05) is 29.8 Å². The Labute approximate surface area is 119 Å². The van der Waals surface area contributed by atoms with Crippen LogP contribution in [0, 0.1) is 5.82 Å². The lowest BCUT2D eigenvalue weighted by molar-refractivity contribution is 0.318. The molecular formula is C13H14BrFN2O2. The highest BCUT2D eigenvalue weighted by Gasteiger charge is 2.10. The monoisotopic (exact) mass is 328 g/mol. The summed E-state index contributed by atoms with van der Waals surface area (Å²) in [4.78, 5) is 4.11. The average Bonchev–Trinajstić information content (AvgIpc) is 2.78. The maximum Gasteiger partial charge on any atom is 0.399 e. The summed E-state index contributed by atoms with van der Waals surface area (Å²) >= 11 is 3.18. The van der Waals surface area contributed by atoms with Crippen LogP contribution in [0.3, 0.4) is 0 Å². The summed E-state index contributed by atoms with van der Waals surface area (Å²) in [5.74, 6) is -0.400. The number of nitrogens with one attached hydrogen (secondary N) is 1. The quantitative estimate of drug-likeness (QED) is 0.905. The Kier molecular flexibility index (Phi) is 4.55. The molecule has 0 saturated carbocycles. The van der Waals surface area contributed by atoms with Crippen LogP contribution in [0.15, 0.2) is 33.4 Å². The molecule has 2 aromatic rings. The Morgan fingerprint density at radius 2 is 2.26 bits per heavy atom. The van der Waals surface area contributed by atoms with Gasteiger partial charge in [-0.05, 0) is 18.2 Å². The number of hydrogen-bond donors (Lipinski definition) is 1. The SMILES string of the molecule is CC(C)NCc1coc(Oc2ccc(Br)cc2F)n1. The maximum absolute atomic E-state index is 13.6. The van der Waals surface area contributed by atoms with Crippen molar-refractivity contribution >= 4 is 15.9 Å². The number of hydrogen-bond acceptors (Lipinski definition) is 4. The molecule has 0 radical (unpaired) electrons. The summed E-state index contributed by atoms with van der Waals surface area (Å²) < 4.78 is 24.6. The van der Waals surface area contributed by atoms with Gasteiger partial charge >= 0.3 is 6.08 Å². The Balaban J connectivity index is 2.03. The second kappa shape index (κ2) is 6.16. The number of benzene rings is 1. The van der Waals surface area contributed by atoms with Gasteiger partial charge < -0.3 is 14.5 Å². The van der Waals surface area contributed by atoms with Crippen molar-refractivity contribution in [2.24, 2.45) is 0 Å². The van der Waals surface area contributed by atoms with Gasteiger partial charge in [0.15, 0.2) is 11.6 Å². The Morgan fingerprint density at radius 1 is 1.47 bits per heavy atom. The molecule has 0 aliphatic rings. The van der Waals surface area contributed by atoms with Gasteiger partial charge in [-0.2, -0.15) is 4.98 Å². The van der Waals surface area contributed by atoms with E-state index in [1.807, 2.05) is 13.8 Å². The summed E-state index contributed by atoms with van der Waals surface area (Å²) in [6.07, 6.45) is 1.52. The van der Waals surface area contributed by atoms with Crippen LogP contribution in [0.5, 0.6) is 11.8 Å². The summed E-state index contributed by atoms with van der Waals surface area (Å²) in [7, 11) is 0. The van der Waals surface area contributed by atoms with E-state index in [1.54, 1.807) is 6.07 Å². The van der Waals surface area contributed by atoms with E-state index >= 15 is 0 Å². The van der Waals surface area contributed by atoms with Crippen LogP contribution in [0.1, 0.15) is 19.5 Å². The van der Waals surface area contributed by atoms with Crippen molar-refractivity contribution in [2.75, 3.05) is 0 Å². The van der Waals surface area contributed by atoms with Gasteiger partial charge in [0.1, 0.15) is 6.26 Å². The number of halogens is 2. The molecule has 1 aromatic carbocycles. The molecular weight excluding hydrogens is 315 g/mol. The van der Waals surface area contributed by atoms with Gasteiger partial charge in [-0.25, -0.2) is 4.39 Å². The molecule has 0 spiro atoms. The summed E-state index contributed by atoms with van der Waals surface area (Å²) in [5, 5.41) is 3.20. The molecule has 0 amide bonds. The van der Waals surface area contributed by atoms with Gasteiger partial charge in [0.05, 0.1) is 5.69 Å². The van der Waals surface area contributed by atoms with Crippen molar-refractivity contribution in [1.29, 1.82) is 0 Å². The lowest BCUT2D eigenvalue weighted by Crippen LogP contribution is -2.21. The number of nitrogens with zero attached hydrogens (tertiary/aromatic N) is 1. The van der Waals surface area contributed by atoms with E-state index < -0.39 is 5.82 Å². The zero-order valence-electron chi connectivity index (χ0n) is 10.6. The summed E-state index contributed by atoms with van der Waals surface area (Å²) in [6, 6.07) is 4.86. The largest absolute Gasteiger partial charge is 0.417 e. The molecule has 0 aliphatic carbocycles. The van der Waals surface area contributed by atoms with E-state index in [-0.39, 0.29) is 11.8 Å². The van der Waals surface area contributed by atoms with Crippen LogP contribution < -0.4 is 10.1 Å². The van der Waals surface area contributed by atoms with Crippen molar-refractivity contribution in [3.8, 4) is 11.8 Å². The van der Waals surface area contributed by atoms with Crippen LogP contribution in [0.4, 0.5) is 4.39 Å². The van der Waals surface area contributed by atoms with Crippen molar-refractivity contribution in [1.82, 2.24) is 10.3 Å². The van der Waals surface area contributed by atoms with E-state index in [4.69, 9.17) is 9.15 Å². The highest BCUT2D eigenvalue weighted by molar-refractivity contribution is 9.10. The molecule has 0 atom stereocenters. The van der Waals surface area contributed by atoms with Crippen LogP contribution in [-0.4, -0.2) is 11.0 Å². The minimum atomic E-state index is -0.477. The second-order valence-corrected chi connectivity index (χ2v) is 5.23. The van der Waals surface area contributed by atoms with Gasteiger partial charge in [0.2, 0.25) is 0 Å². The molecule has 1 aromatic heterocycles. The van der Waals surface area contributed by atoms with Crippen LogP contribution >= 0.6 is 15.9 Å². The third-order valence-electron chi connectivity index (χ3n) is 2.31. The highest BCUT2D eigenvalue weighted by Crippen LogP contribution is 2.26. The number of rotatable bonds is 5. The number of ether oxygens (including phenoxy) is 1. The predicted octanol–water partition coefficient (Wildman–Crippen LogP) is 3.87. The van der Waals surface area contributed by atoms with E-state index in [9.17, 15) is 4.39 Å². The zero-order chi connectivity index (χ0) is 13.8. The fraction of sp³-hybridized carbons (Fsp3) is 0.308. The third-order valence-corrected chi connectivity index (χ3v) is 2.81. The minimum absolute atomic E-state index is 0.0294. The third kappa shape index (κ3) is 4.04. The number of aromatic nitrogens is 1. The van der Waals surface area contributed by atoms with E-state index in [1.165, 1.54) is 18.4 Å². The first-order chi connectivity index (χ1) is 9.04. The topological polar surface area (TPSA) is 47.3 Å². The smallest absolute Gasteiger partial charge is 0.399 e. The lowest BCUT2D eigenvalue weighted by Gasteiger charge is -2.04. The van der Waals surface area contributed by atoms with Gasteiger partial charge in [-0.3, -0.25) is 0 Å². The Hall–Kier alpha value is -1.40. The van der Waals surface area contributed by atoms with Crippen LogP contribution in [0.2, 0.25) is 0 Å². The van der Waals surface area contributed by atoms with Gasteiger partial charge in [0.25, 0.3) is 0 Å². The molecule has 0 aliphatic heterocycles. The molecule has 0 unspecified atom stereocenters. The van der Waals surface area contributed by atoms with Crippen molar-refractivity contribution < 1.29 is 13.5 Å². The molecule has 2 rings (SSSR count). The van der Waals surface area contributed by atoms with E-state index in [2.05, 4.69) is 26.2 Å². The first-order valence-electron chi connectivity index (χ1n) is 5.85. The Morgan fingerprint density at radius 3 is 2.95 bits per heavy atom. The average molecular weight is 329 g/mol. The van der Waals surface area contributed by atoms with E-state index in [0.29, 0.717) is 22.8 Å². The molecule has 0 fully saturated rings. The summed E-state index contributed by atoms with van der Waals surface area (Å²) in [5.41, 5.74) is 0.709. The fourth-order valence-electron chi connectivity index (χ4n) is 1.38. The van der Waals surface area contributed by atoms with Crippen LogP contribution in [-0.2, 0) is 6.54 Å². The molecule has 1 N–H and O–H groups in total. The van der Waals surface area contributed by atoms with Crippen molar-refractivity contribution in [3.63, 3.8) is 0 Å². The molecule has 1 heterocycles. The highest BCUT2D eigenvalue weighted by atomic mass is 79.9. The molecule has 0 saturated heterocycles. The Bertz CT molecular complexity index is 557. The second-order valence-electron chi connectivity index (χ2n) is 4.32. The zero-order valence-corrected chi connectivity index (χ0v) is 12.2. The van der Waals surface area contributed by atoms with E-state index in [0.717, 1.165) is 0 Å². The molecule has 0 bridgehead atoms. The number of oxazole rings is 1. The first-order valence-corrected chi connectivity index (χ1v) is 6.64. The molecule has 102 valence electrons. The van der Waals surface area contributed by atoms with Crippen LogP contribution in [0.25, 0.3) is 0 Å². The lowest BCUT2D eigenvalue weighted by atomic mass is 10.3. The standard InChI is InChI=1S/C13H14BrFN2O2/c1-8(2)16-6-10-7-18-13(17-10)19-12-4-3-9(14)5-11(12)15/h3-5,7-8,16H,6H2,1-2H3.